The lowest BCUT2D eigenvalue weighted by atomic mass is 9.85. The van der Waals surface area contributed by atoms with Gasteiger partial charge in [-0.05, 0) is 133 Å². The number of hydrogen-bond acceptors (Lipinski definition) is 1. The highest BCUT2D eigenvalue weighted by molar-refractivity contribution is 5.99. The first kappa shape index (κ1) is 41.0. The van der Waals surface area contributed by atoms with Crippen molar-refractivity contribution in [2.75, 3.05) is 0 Å². The summed E-state index contributed by atoms with van der Waals surface area (Å²) < 4.78 is 34.0. The number of imidazole rings is 1. The zero-order valence-electron chi connectivity index (χ0n) is 43.8. The van der Waals surface area contributed by atoms with Crippen molar-refractivity contribution in [2.45, 2.75) is 84.9 Å². The zero-order valence-corrected chi connectivity index (χ0v) is 41.8. The lowest BCUT2D eigenvalue weighted by molar-refractivity contribution is -0.997. The zero-order chi connectivity index (χ0) is 50.3. The van der Waals surface area contributed by atoms with E-state index in [2.05, 4.69) is 224 Å². The minimum Gasteiger partial charge on any atom is -0.392 e. The van der Waals surface area contributed by atoms with E-state index in [4.69, 9.17) is 4.74 Å². The molecule has 2 aromatic heterocycles. The molecule has 1 unspecified atom stereocenters. The van der Waals surface area contributed by atoms with E-state index in [1.165, 1.54) is 22.3 Å². The van der Waals surface area contributed by atoms with Crippen LogP contribution in [0, 0.1) is 0 Å². The quantitative estimate of drug-likeness (QED) is 0.132. The van der Waals surface area contributed by atoms with Gasteiger partial charge in [0.15, 0.2) is 23.0 Å². The Balaban J connectivity index is 1.12. The average molecular weight is 924 g/mol. The third-order valence-corrected chi connectivity index (χ3v) is 15.4. The molecule has 8 aromatic carbocycles. The van der Waals surface area contributed by atoms with Crippen molar-refractivity contribution in [2.24, 2.45) is 0 Å². The maximum absolute atomic E-state index is 9.24. The Morgan fingerprint density at radius 2 is 1.07 bits per heavy atom. The summed E-state index contributed by atoms with van der Waals surface area (Å²) in [6, 6.07) is 66.3. The van der Waals surface area contributed by atoms with Gasteiger partial charge in [0.2, 0.25) is 5.69 Å². The van der Waals surface area contributed by atoms with Crippen molar-refractivity contribution >= 4 is 11.0 Å². The van der Waals surface area contributed by atoms with E-state index in [9.17, 15) is 2.74 Å². The van der Waals surface area contributed by atoms with Crippen LogP contribution in [-0.4, -0.2) is 4.57 Å². The second kappa shape index (κ2) is 16.1. The number of aromatic nitrogens is 3. The van der Waals surface area contributed by atoms with Gasteiger partial charge in [0.05, 0.1) is 5.56 Å². The van der Waals surface area contributed by atoms with Gasteiger partial charge in [0, 0.05) is 26.0 Å². The molecule has 0 aliphatic carbocycles. The van der Waals surface area contributed by atoms with Crippen LogP contribution >= 0.6 is 0 Å². The minimum absolute atomic E-state index is 0.176. The van der Waals surface area contributed by atoms with Gasteiger partial charge >= 0.3 is 11.7 Å². The maximum Gasteiger partial charge on any atom is 0.499 e. The largest absolute Gasteiger partial charge is 0.499 e. The van der Waals surface area contributed by atoms with E-state index in [1.54, 1.807) is 0 Å². The molecular formula is C67H59N3O+2. The van der Waals surface area contributed by atoms with Crippen LogP contribution in [0.3, 0.4) is 0 Å². The van der Waals surface area contributed by atoms with Crippen molar-refractivity contribution in [1.82, 2.24) is 4.57 Å². The number of para-hydroxylation sites is 1. The Labute approximate surface area is 420 Å². The van der Waals surface area contributed by atoms with Crippen molar-refractivity contribution < 1.29 is 16.6 Å². The van der Waals surface area contributed by atoms with Crippen LogP contribution in [0.15, 0.2) is 188 Å². The van der Waals surface area contributed by atoms with Crippen LogP contribution in [-0.2, 0) is 5.85 Å². The van der Waals surface area contributed by atoms with Crippen molar-refractivity contribution in [3.8, 4) is 89.7 Å². The lowest BCUT2D eigenvalue weighted by Gasteiger charge is -2.34. The van der Waals surface area contributed by atoms with Gasteiger partial charge in [0.25, 0.3) is 0 Å². The van der Waals surface area contributed by atoms with Gasteiger partial charge < -0.3 is 4.74 Å². The first-order valence-electron chi connectivity index (χ1n) is 26.3. The van der Waals surface area contributed by atoms with Gasteiger partial charge in [-0.15, -0.1) is 9.13 Å². The molecule has 4 nitrogen and oxygen atoms in total. The first-order valence-corrected chi connectivity index (χ1v) is 25.3. The molecule has 0 amide bonds. The number of pyridine rings is 1. The molecule has 1 spiro atoms. The molecule has 346 valence electrons. The van der Waals surface area contributed by atoms with E-state index in [0.29, 0.717) is 0 Å². The van der Waals surface area contributed by atoms with Crippen molar-refractivity contribution in [3.63, 3.8) is 0 Å². The standard InChI is InChI=1S/C67H59N3O/c1-40(2)50-35-56(43(7)8)65-59(36-50)66-69(52-31-29-48(30-32-52)62-53(41(3)4)21-15-22-54(62)42(5)6)60-24-16-23-55-57-37-51(45-19-13-10-14-20-45)38-58-61-39-49(47-27-25-46(26-28-47)44-17-11-9-12-18-44)33-34-68(61)67(71-65,63(57)58)70(66)64(55)60/h9-43H,1-8H3/q+2/i41D,42D. The maximum atomic E-state index is 9.24. The van der Waals surface area contributed by atoms with Gasteiger partial charge in [-0.1, -0.05) is 183 Å². The van der Waals surface area contributed by atoms with Crippen LogP contribution < -0.4 is 13.9 Å². The van der Waals surface area contributed by atoms with Crippen LogP contribution in [0.5, 0.6) is 5.75 Å². The summed E-state index contributed by atoms with van der Waals surface area (Å²) in [5.74, 6) is -0.435. The van der Waals surface area contributed by atoms with Crippen LogP contribution in [0.25, 0.3) is 95.0 Å². The molecule has 0 N–H and O–H groups in total. The molecule has 13 rings (SSSR count). The fourth-order valence-corrected chi connectivity index (χ4v) is 11.9. The predicted molar refractivity (Wildman–Crippen MR) is 291 cm³/mol. The number of rotatable bonds is 9. The van der Waals surface area contributed by atoms with Gasteiger partial charge in [0.1, 0.15) is 16.8 Å². The smallest absolute Gasteiger partial charge is 0.392 e. The van der Waals surface area contributed by atoms with Gasteiger partial charge in [-0.2, -0.15) is 4.57 Å². The Kier molecular flexibility index (Phi) is 9.31. The lowest BCUT2D eigenvalue weighted by Crippen LogP contribution is -2.78. The second-order valence-electron chi connectivity index (χ2n) is 20.9. The topological polar surface area (TPSA) is 21.9 Å². The molecule has 0 bridgehead atoms. The highest BCUT2D eigenvalue weighted by Gasteiger charge is 2.69. The molecule has 3 aliphatic heterocycles. The van der Waals surface area contributed by atoms with Gasteiger partial charge in [-0.3, -0.25) is 0 Å². The Morgan fingerprint density at radius 1 is 0.479 bits per heavy atom. The number of fused-ring (bicyclic) bond motifs is 5. The number of ether oxygens (including phenoxy) is 1. The number of hydrogen-bond donors (Lipinski definition) is 0. The molecule has 10 aromatic rings. The first-order chi connectivity index (χ1) is 35.1. The van der Waals surface area contributed by atoms with E-state index in [-0.39, 0.29) is 11.8 Å². The third kappa shape index (κ3) is 6.36. The molecule has 3 aliphatic rings. The summed E-state index contributed by atoms with van der Waals surface area (Å²) in [5.41, 5.74) is 23.2. The summed E-state index contributed by atoms with van der Waals surface area (Å²) in [4.78, 5) is 0. The molecular weight excluding hydrogens is 863 g/mol. The molecule has 0 saturated heterocycles. The van der Waals surface area contributed by atoms with E-state index in [0.717, 1.165) is 106 Å². The summed E-state index contributed by atoms with van der Waals surface area (Å²) >= 11 is 0. The van der Waals surface area contributed by atoms with Crippen LogP contribution in [0.4, 0.5) is 0 Å². The molecule has 1 atom stereocenters. The fraction of sp³-hybridized carbons (Fsp3) is 0.194. The molecule has 0 saturated carbocycles. The average Bonchev–Trinajstić information content (AvgIpc) is 3.89. The summed E-state index contributed by atoms with van der Waals surface area (Å²) in [7, 11) is 0. The van der Waals surface area contributed by atoms with Gasteiger partial charge in [-0.25, -0.2) is 0 Å². The van der Waals surface area contributed by atoms with Crippen molar-refractivity contribution in [3.05, 3.63) is 216 Å². The summed E-state index contributed by atoms with van der Waals surface area (Å²) in [6.45, 7) is 16.9. The Hall–Kier alpha value is -7.82. The molecule has 71 heavy (non-hydrogen) atoms. The molecule has 0 fully saturated rings. The van der Waals surface area contributed by atoms with E-state index < -0.39 is 17.6 Å². The Morgan fingerprint density at radius 3 is 1.70 bits per heavy atom. The third-order valence-electron chi connectivity index (χ3n) is 15.4. The predicted octanol–water partition coefficient (Wildman–Crippen LogP) is 16.6. The number of nitrogens with zero attached hydrogens (tertiary/aromatic N) is 3. The summed E-state index contributed by atoms with van der Waals surface area (Å²) in [5, 5.41) is 0. The van der Waals surface area contributed by atoms with E-state index >= 15 is 0 Å². The second-order valence-corrected chi connectivity index (χ2v) is 20.9. The highest BCUT2D eigenvalue weighted by Crippen LogP contribution is 2.56. The normalized spacial score (nSPS) is 15.6. The molecule has 5 heterocycles. The number of benzene rings is 8. The molecule has 0 radical (unpaired) electrons. The van der Waals surface area contributed by atoms with Crippen LogP contribution in [0.2, 0.25) is 0 Å². The monoisotopic (exact) mass is 923 g/mol. The minimum atomic E-state index is -1.12. The Bertz CT molecular complexity index is 3840. The fourth-order valence-electron chi connectivity index (χ4n) is 11.9. The summed E-state index contributed by atoms with van der Waals surface area (Å²) in [6.07, 6.45) is 2.27. The molecule has 4 heteroatoms. The highest BCUT2D eigenvalue weighted by atomic mass is 16.5. The van der Waals surface area contributed by atoms with E-state index in [1.807, 2.05) is 33.8 Å². The van der Waals surface area contributed by atoms with Crippen LogP contribution in [0.1, 0.15) is 110 Å². The van der Waals surface area contributed by atoms with Crippen molar-refractivity contribution in [1.29, 1.82) is 0 Å². The SMILES string of the molecule is [2H]C(C)(C)c1cccc(C([2H])(C)C)c1-c1ccc(-n2c3[n+]4c5c(cccc52)-c2cc(-c5ccccc5)cc5c2C4(Oc2c-3cc(C(C)C)cc2C(C)C)[n+]2ccc(-c3ccc(-c4ccccc4)cc3)cc2-5)cc1.